The summed E-state index contributed by atoms with van der Waals surface area (Å²) in [7, 11) is 0. The Balaban J connectivity index is 1.61. The van der Waals surface area contributed by atoms with Gasteiger partial charge in [-0.2, -0.15) is 0 Å². The molecule has 0 unspecified atom stereocenters. The molecular weight excluding hydrogens is 335 g/mol. The molecule has 1 aromatic carbocycles. The molecule has 8 heteroatoms. The smallest absolute Gasteiger partial charge is 0.254 e. The fourth-order valence-corrected chi connectivity index (χ4v) is 3.00. The van der Waals surface area contributed by atoms with Crippen LogP contribution in [-0.2, 0) is 13.1 Å². The van der Waals surface area contributed by atoms with E-state index in [-0.39, 0.29) is 5.91 Å². The van der Waals surface area contributed by atoms with E-state index >= 15 is 0 Å². The molecule has 0 saturated heterocycles. The van der Waals surface area contributed by atoms with Crippen LogP contribution in [0, 0.1) is 5.82 Å². The van der Waals surface area contributed by atoms with Crippen molar-refractivity contribution in [2.24, 2.45) is 0 Å². The van der Waals surface area contributed by atoms with Gasteiger partial charge in [0.15, 0.2) is 11.6 Å². The summed E-state index contributed by atoms with van der Waals surface area (Å²) in [5, 5.41) is 8.37. The predicted octanol–water partition coefficient (Wildman–Crippen LogP) is 2.17. The zero-order chi connectivity index (χ0) is 18.1. The number of benzene rings is 1. The topological polar surface area (TPSA) is 76.8 Å². The number of aromatic nitrogens is 5. The highest BCUT2D eigenvalue weighted by atomic mass is 19.1. The second kappa shape index (κ2) is 6.47. The number of halogens is 1. The van der Waals surface area contributed by atoms with Gasteiger partial charge in [-0.15, -0.1) is 10.2 Å². The van der Waals surface area contributed by atoms with E-state index in [0.29, 0.717) is 48.1 Å². The predicted molar refractivity (Wildman–Crippen MR) is 92.3 cm³/mol. The first-order valence-electron chi connectivity index (χ1n) is 8.07. The Bertz CT molecular complexity index is 985. The molecule has 0 saturated carbocycles. The maximum absolute atomic E-state index is 13.4. The average Bonchev–Trinajstić information content (AvgIpc) is 3.11. The number of amides is 1. The van der Waals surface area contributed by atoms with Gasteiger partial charge in [0.25, 0.3) is 5.91 Å². The fourth-order valence-electron chi connectivity index (χ4n) is 3.00. The maximum atomic E-state index is 13.4. The van der Waals surface area contributed by atoms with Crippen molar-refractivity contribution in [3.8, 4) is 11.5 Å². The normalized spacial score (nSPS) is 13.3. The van der Waals surface area contributed by atoms with Gasteiger partial charge < -0.3 is 9.47 Å². The molecule has 1 aliphatic heterocycles. The van der Waals surface area contributed by atoms with Gasteiger partial charge in [0.1, 0.15) is 11.5 Å². The van der Waals surface area contributed by atoms with Crippen molar-refractivity contribution in [1.82, 2.24) is 29.6 Å². The zero-order valence-corrected chi connectivity index (χ0v) is 13.8. The van der Waals surface area contributed by atoms with Crippen molar-refractivity contribution >= 4 is 12.0 Å². The standard InChI is InChI=1S/C18H15FN6O/c1-2-12-9-13(19)3-4-14(12)18(26)24-7-8-25-16(11-24)22-23-17(25)15-10-20-5-6-21-15/h2-6,9-10H,1,7-8,11H2. The first-order valence-corrected chi connectivity index (χ1v) is 8.07. The summed E-state index contributed by atoms with van der Waals surface area (Å²) in [6.45, 7) is 5.01. The number of nitrogens with zero attached hydrogens (tertiary/aromatic N) is 6. The number of rotatable bonds is 3. The second-order valence-electron chi connectivity index (χ2n) is 5.84. The summed E-state index contributed by atoms with van der Waals surface area (Å²) < 4.78 is 15.3. The minimum atomic E-state index is -0.400. The maximum Gasteiger partial charge on any atom is 0.254 e. The lowest BCUT2D eigenvalue weighted by Crippen LogP contribution is -2.38. The first kappa shape index (κ1) is 16.1. The zero-order valence-electron chi connectivity index (χ0n) is 13.8. The van der Waals surface area contributed by atoms with Crippen LogP contribution in [0.15, 0.2) is 43.4 Å². The van der Waals surface area contributed by atoms with Gasteiger partial charge in [-0.05, 0) is 23.8 Å². The highest BCUT2D eigenvalue weighted by molar-refractivity contribution is 5.97. The van der Waals surface area contributed by atoms with Crippen LogP contribution >= 0.6 is 0 Å². The summed E-state index contributed by atoms with van der Waals surface area (Å²) in [5.41, 5.74) is 1.53. The lowest BCUT2D eigenvalue weighted by molar-refractivity contribution is 0.0707. The van der Waals surface area contributed by atoms with Crippen LogP contribution in [0.2, 0.25) is 0 Å². The Hall–Kier alpha value is -3.42. The van der Waals surface area contributed by atoms with Gasteiger partial charge in [0, 0.05) is 31.0 Å². The van der Waals surface area contributed by atoms with Crippen LogP contribution in [0.3, 0.4) is 0 Å². The van der Waals surface area contributed by atoms with Gasteiger partial charge >= 0.3 is 0 Å². The number of hydrogen-bond donors (Lipinski definition) is 0. The van der Waals surface area contributed by atoms with Gasteiger partial charge in [0.05, 0.1) is 12.7 Å². The molecule has 0 N–H and O–H groups in total. The van der Waals surface area contributed by atoms with E-state index in [9.17, 15) is 9.18 Å². The third kappa shape index (κ3) is 2.75. The minimum Gasteiger partial charge on any atom is -0.329 e. The Labute approximate surface area is 148 Å². The van der Waals surface area contributed by atoms with E-state index in [4.69, 9.17) is 0 Å². The first-order chi connectivity index (χ1) is 12.7. The Morgan fingerprint density at radius 2 is 2.12 bits per heavy atom. The third-order valence-electron chi connectivity index (χ3n) is 4.30. The van der Waals surface area contributed by atoms with Crippen molar-refractivity contribution in [2.75, 3.05) is 6.54 Å². The molecule has 4 rings (SSSR count). The fraction of sp³-hybridized carbons (Fsp3) is 0.167. The van der Waals surface area contributed by atoms with E-state index in [2.05, 4.69) is 26.7 Å². The third-order valence-corrected chi connectivity index (χ3v) is 4.30. The molecule has 0 atom stereocenters. The molecule has 2 aromatic heterocycles. The second-order valence-corrected chi connectivity index (χ2v) is 5.84. The van der Waals surface area contributed by atoms with Gasteiger partial charge in [-0.25, -0.2) is 9.37 Å². The van der Waals surface area contributed by atoms with Crippen LogP contribution in [0.25, 0.3) is 17.6 Å². The van der Waals surface area contributed by atoms with E-state index in [1.165, 1.54) is 24.3 Å². The molecular formula is C18H15FN6O. The highest BCUT2D eigenvalue weighted by Gasteiger charge is 2.27. The number of carbonyl (C=O) groups is 1. The van der Waals surface area contributed by atoms with Gasteiger partial charge in [-0.1, -0.05) is 12.7 Å². The number of carbonyl (C=O) groups excluding carboxylic acids is 1. The van der Waals surface area contributed by atoms with Crippen molar-refractivity contribution < 1.29 is 9.18 Å². The average molecular weight is 350 g/mol. The molecule has 3 aromatic rings. The summed E-state index contributed by atoms with van der Waals surface area (Å²) in [6.07, 6.45) is 6.30. The Kier molecular flexibility index (Phi) is 4.00. The van der Waals surface area contributed by atoms with E-state index < -0.39 is 5.82 Å². The highest BCUT2D eigenvalue weighted by Crippen LogP contribution is 2.22. The van der Waals surface area contributed by atoms with Crippen molar-refractivity contribution in [2.45, 2.75) is 13.1 Å². The SMILES string of the molecule is C=Cc1cc(F)ccc1C(=O)N1CCn2c(nnc2-c2cnccn2)C1. The van der Waals surface area contributed by atoms with E-state index in [0.717, 1.165) is 0 Å². The molecule has 0 fully saturated rings. The lowest BCUT2D eigenvalue weighted by Gasteiger charge is -2.28. The van der Waals surface area contributed by atoms with E-state index in [1.54, 1.807) is 23.5 Å². The van der Waals surface area contributed by atoms with Gasteiger partial charge in [0.2, 0.25) is 0 Å². The molecule has 0 radical (unpaired) electrons. The number of hydrogen-bond acceptors (Lipinski definition) is 5. The molecule has 0 aliphatic carbocycles. The summed E-state index contributed by atoms with van der Waals surface area (Å²) >= 11 is 0. The van der Waals surface area contributed by atoms with Crippen molar-refractivity contribution in [3.05, 3.63) is 66.1 Å². The molecule has 26 heavy (non-hydrogen) atoms. The van der Waals surface area contributed by atoms with Crippen molar-refractivity contribution in [3.63, 3.8) is 0 Å². The quantitative estimate of drug-likeness (QED) is 0.724. The Morgan fingerprint density at radius 3 is 2.88 bits per heavy atom. The van der Waals surface area contributed by atoms with Crippen LogP contribution in [0.1, 0.15) is 21.7 Å². The largest absolute Gasteiger partial charge is 0.329 e. The van der Waals surface area contributed by atoms with Crippen molar-refractivity contribution in [1.29, 1.82) is 0 Å². The molecule has 1 amide bonds. The molecule has 0 spiro atoms. The molecule has 7 nitrogen and oxygen atoms in total. The van der Waals surface area contributed by atoms with Crippen LogP contribution in [-0.4, -0.2) is 42.1 Å². The number of fused-ring (bicyclic) bond motifs is 1. The van der Waals surface area contributed by atoms with E-state index in [1.807, 2.05) is 4.57 Å². The lowest BCUT2D eigenvalue weighted by atomic mass is 10.1. The Morgan fingerprint density at radius 1 is 1.23 bits per heavy atom. The minimum absolute atomic E-state index is 0.185. The monoisotopic (exact) mass is 350 g/mol. The summed E-state index contributed by atoms with van der Waals surface area (Å²) in [6, 6.07) is 4.07. The molecule has 130 valence electrons. The summed E-state index contributed by atoms with van der Waals surface area (Å²) in [5.74, 6) is 0.722. The van der Waals surface area contributed by atoms with Crippen LogP contribution in [0.4, 0.5) is 4.39 Å². The summed E-state index contributed by atoms with van der Waals surface area (Å²) in [4.78, 5) is 22.8. The molecule has 1 aliphatic rings. The van der Waals surface area contributed by atoms with Crippen LogP contribution < -0.4 is 0 Å². The van der Waals surface area contributed by atoms with Crippen LogP contribution in [0.5, 0.6) is 0 Å². The van der Waals surface area contributed by atoms with Gasteiger partial charge in [-0.3, -0.25) is 9.78 Å². The molecule has 0 bridgehead atoms. The molecule has 3 heterocycles.